The Kier molecular flexibility index (Phi) is 9.62. The Morgan fingerprint density at radius 3 is 2.62 bits per heavy atom. The van der Waals surface area contributed by atoms with Gasteiger partial charge >= 0.3 is 0 Å². The molecule has 0 aliphatic rings. The summed E-state index contributed by atoms with van der Waals surface area (Å²) in [5, 5.41) is 14.9. The van der Waals surface area contributed by atoms with Crippen molar-refractivity contribution in [3.63, 3.8) is 0 Å². The molecule has 0 saturated heterocycles. The molecule has 9 heteroatoms. The van der Waals surface area contributed by atoms with Crippen LogP contribution in [0, 0.1) is 5.82 Å². The first-order chi connectivity index (χ1) is 16.2. The maximum absolute atomic E-state index is 14.5. The Hall–Kier alpha value is -3.21. The zero-order valence-corrected chi connectivity index (χ0v) is 21.3. The van der Waals surface area contributed by atoms with Crippen LogP contribution in [0.4, 0.5) is 4.39 Å². The molecule has 4 aromatic rings. The van der Waals surface area contributed by atoms with Crippen molar-refractivity contribution in [1.29, 1.82) is 0 Å². The zero-order valence-electron chi connectivity index (χ0n) is 18.9. The highest BCUT2D eigenvalue weighted by molar-refractivity contribution is 14.0. The standard InChI is InChI=1S/C25H27FN6O.HI/c1-2-27-25(29-16-14-24-31-30-23-10-6-7-17-32(23)24)28-15-13-19-11-12-22(21(26)18-19)33-20-8-4-3-5-9-20;/h3-12,17-18H,2,13-16H2,1H3,(H2,27,28,29);1H. The van der Waals surface area contributed by atoms with Crippen molar-refractivity contribution < 1.29 is 9.13 Å². The van der Waals surface area contributed by atoms with Gasteiger partial charge in [-0.15, -0.1) is 34.2 Å². The lowest BCUT2D eigenvalue weighted by Crippen LogP contribution is -2.38. The van der Waals surface area contributed by atoms with E-state index in [1.807, 2.05) is 60.0 Å². The van der Waals surface area contributed by atoms with Crippen LogP contribution in [0.3, 0.4) is 0 Å². The molecule has 2 aromatic carbocycles. The van der Waals surface area contributed by atoms with Crippen molar-refractivity contribution in [3.05, 3.63) is 90.1 Å². The topological polar surface area (TPSA) is 75.8 Å². The van der Waals surface area contributed by atoms with Crippen molar-refractivity contribution in [2.45, 2.75) is 19.8 Å². The van der Waals surface area contributed by atoms with E-state index >= 15 is 0 Å². The highest BCUT2D eigenvalue weighted by atomic mass is 127. The van der Waals surface area contributed by atoms with Crippen molar-refractivity contribution in [2.24, 2.45) is 4.99 Å². The van der Waals surface area contributed by atoms with E-state index in [1.165, 1.54) is 6.07 Å². The summed E-state index contributed by atoms with van der Waals surface area (Å²) >= 11 is 0. The van der Waals surface area contributed by atoms with Crippen LogP contribution >= 0.6 is 24.0 Å². The molecule has 0 atom stereocenters. The average Bonchev–Trinajstić information content (AvgIpc) is 3.25. The minimum atomic E-state index is -0.377. The second kappa shape index (κ2) is 12.9. The molecule has 0 aliphatic heterocycles. The summed E-state index contributed by atoms with van der Waals surface area (Å²) in [6.07, 6.45) is 3.28. The maximum atomic E-state index is 14.5. The number of rotatable bonds is 9. The first-order valence-electron chi connectivity index (χ1n) is 11.0. The van der Waals surface area contributed by atoms with Gasteiger partial charge in [0.1, 0.15) is 11.6 Å². The van der Waals surface area contributed by atoms with Gasteiger partial charge < -0.3 is 15.4 Å². The van der Waals surface area contributed by atoms with Crippen molar-refractivity contribution in [3.8, 4) is 11.5 Å². The molecule has 34 heavy (non-hydrogen) atoms. The number of aliphatic imine (C=N–C) groups is 1. The Morgan fingerprint density at radius 1 is 1.00 bits per heavy atom. The van der Waals surface area contributed by atoms with E-state index in [-0.39, 0.29) is 35.5 Å². The molecule has 7 nitrogen and oxygen atoms in total. The number of hydrogen-bond acceptors (Lipinski definition) is 4. The van der Waals surface area contributed by atoms with E-state index in [0.717, 1.165) is 29.5 Å². The first kappa shape index (κ1) is 25.4. The van der Waals surface area contributed by atoms with Crippen molar-refractivity contribution >= 4 is 35.6 Å². The number of guanidine groups is 1. The van der Waals surface area contributed by atoms with Gasteiger partial charge in [0.15, 0.2) is 23.2 Å². The zero-order chi connectivity index (χ0) is 22.9. The van der Waals surface area contributed by atoms with Gasteiger partial charge in [-0.25, -0.2) is 4.39 Å². The third-order valence-corrected chi connectivity index (χ3v) is 5.01. The van der Waals surface area contributed by atoms with Crippen molar-refractivity contribution in [1.82, 2.24) is 25.2 Å². The lowest BCUT2D eigenvalue weighted by Gasteiger charge is -2.12. The highest BCUT2D eigenvalue weighted by Crippen LogP contribution is 2.25. The minimum Gasteiger partial charge on any atom is -0.454 e. The molecule has 4 rings (SSSR count). The van der Waals surface area contributed by atoms with Crippen LogP contribution in [0.1, 0.15) is 18.3 Å². The minimum absolute atomic E-state index is 0. The highest BCUT2D eigenvalue weighted by Gasteiger charge is 2.07. The molecule has 2 N–H and O–H groups in total. The summed E-state index contributed by atoms with van der Waals surface area (Å²) in [5.41, 5.74) is 1.71. The number of nitrogens with zero attached hydrogens (tertiary/aromatic N) is 4. The molecular formula is C25H28FIN6O. The van der Waals surface area contributed by atoms with E-state index < -0.39 is 0 Å². The van der Waals surface area contributed by atoms with Crippen LogP contribution in [-0.4, -0.2) is 40.2 Å². The van der Waals surface area contributed by atoms with Gasteiger partial charge in [0.05, 0.1) is 0 Å². The van der Waals surface area contributed by atoms with E-state index in [4.69, 9.17) is 4.74 Å². The quantitative estimate of drug-likeness (QED) is 0.174. The summed E-state index contributed by atoms with van der Waals surface area (Å²) in [6.45, 7) is 3.97. The lowest BCUT2D eigenvalue weighted by atomic mass is 10.1. The van der Waals surface area contributed by atoms with E-state index in [0.29, 0.717) is 31.7 Å². The van der Waals surface area contributed by atoms with Gasteiger partial charge in [-0.05, 0) is 55.3 Å². The number of para-hydroxylation sites is 1. The van der Waals surface area contributed by atoms with E-state index in [1.54, 1.807) is 18.2 Å². The van der Waals surface area contributed by atoms with Gasteiger partial charge in [0.25, 0.3) is 0 Å². The third kappa shape index (κ3) is 6.89. The number of halogens is 2. The predicted molar refractivity (Wildman–Crippen MR) is 143 cm³/mol. The Bertz CT molecular complexity index is 1210. The normalized spacial score (nSPS) is 11.2. The van der Waals surface area contributed by atoms with Crippen molar-refractivity contribution in [2.75, 3.05) is 19.6 Å². The summed E-state index contributed by atoms with van der Waals surface area (Å²) in [6, 6.07) is 20.1. The summed E-state index contributed by atoms with van der Waals surface area (Å²) in [7, 11) is 0. The smallest absolute Gasteiger partial charge is 0.191 e. The Morgan fingerprint density at radius 2 is 1.82 bits per heavy atom. The number of pyridine rings is 1. The molecule has 0 amide bonds. The maximum Gasteiger partial charge on any atom is 0.191 e. The molecule has 0 aliphatic carbocycles. The molecule has 0 spiro atoms. The monoisotopic (exact) mass is 574 g/mol. The number of ether oxygens (including phenoxy) is 1. The molecule has 178 valence electrons. The molecular weight excluding hydrogens is 546 g/mol. The van der Waals surface area contributed by atoms with Crippen LogP contribution in [0.2, 0.25) is 0 Å². The van der Waals surface area contributed by atoms with Crippen LogP contribution < -0.4 is 15.4 Å². The van der Waals surface area contributed by atoms with Gasteiger partial charge in [-0.3, -0.25) is 9.39 Å². The summed E-state index contributed by atoms with van der Waals surface area (Å²) in [5.74, 6) is 2.04. The van der Waals surface area contributed by atoms with Crippen LogP contribution in [-0.2, 0) is 12.8 Å². The lowest BCUT2D eigenvalue weighted by molar-refractivity contribution is 0.441. The van der Waals surface area contributed by atoms with Gasteiger partial charge in [-0.1, -0.05) is 30.3 Å². The fourth-order valence-corrected chi connectivity index (χ4v) is 3.39. The second-order valence-electron chi connectivity index (χ2n) is 7.41. The van der Waals surface area contributed by atoms with Gasteiger partial charge in [0, 0.05) is 32.3 Å². The largest absolute Gasteiger partial charge is 0.454 e. The fourth-order valence-electron chi connectivity index (χ4n) is 3.39. The van der Waals surface area contributed by atoms with Gasteiger partial charge in [0.2, 0.25) is 0 Å². The van der Waals surface area contributed by atoms with E-state index in [2.05, 4.69) is 25.8 Å². The molecule has 0 saturated carbocycles. The SMILES string of the molecule is CCNC(=NCCc1nnc2ccccn12)NCCc1ccc(Oc2ccccc2)c(F)c1.I. The fraction of sp³-hybridized carbons (Fsp3) is 0.240. The Balaban J connectivity index is 0.00000324. The molecule has 2 heterocycles. The molecule has 0 unspecified atom stereocenters. The summed E-state index contributed by atoms with van der Waals surface area (Å²) in [4.78, 5) is 4.62. The molecule has 0 radical (unpaired) electrons. The third-order valence-electron chi connectivity index (χ3n) is 5.01. The number of aromatic nitrogens is 3. The first-order valence-corrected chi connectivity index (χ1v) is 11.0. The second-order valence-corrected chi connectivity index (χ2v) is 7.41. The average molecular weight is 574 g/mol. The van der Waals surface area contributed by atoms with Crippen LogP contribution in [0.15, 0.2) is 77.9 Å². The Labute approximate surface area is 215 Å². The van der Waals surface area contributed by atoms with E-state index in [9.17, 15) is 4.39 Å². The van der Waals surface area contributed by atoms with Gasteiger partial charge in [-0.2, -0.15) is 0 Å². The molecule has 2 aromatic heterocycles. The predicted octanol–water partition coefficient (Wildman–Crippen LogP) is 4.62. The number of hydrogen-bond donors (Lipinski definition) is 2. The number of benzene rings is 2. The van der Waals surface area contributed by atoms with Crippen LogP contribution in [0.5, 0.6) is 11.5 Å². The van der Waals surface area contributed by atoms with Crippen LogP contribution in [0.25, 0.3) is 5.65 Å². The summed E-state index contributed by atoms with van der Waals surface area (Å²) < 4.78 is 22.0. The number of fused-ring (bicyclic) bond motifs is 1. The molecule has 0 fully saturated rings. The number of nitrogens with one attached hydrogen (secondary N) is 2. The molecule has 0 bridgehead atoms.